The predicted octanol–water partition coefficient (Wildman–Crippen LogP) is 2.75. The molecule has 4 nitrogen and oxygen atoms in total. The zero-order chi connectivity index (χ0) is 12.6. The highest BCUT2D eigenvalue weighted by Gasteiger charge is 2.13. The second kappa shape index (κ2) is 7.01. The van der Waals surface area contributed by atoms with E-state index in [1.807, 2.05) is 30.3 Å². The summed E-state index contributed by atoms with van der Waals surface area (Å²) in [5, 5.41) is 0. The number of nitrogens with one attached hydrogen (secondary N) is 2. The van der Waals surface area contributed by atoms with Crippen molar-refractivity contribution in [2.45, 2.75) is 44.8 Å². The summed E-state index contributed by atoms with van der Waals surface area (Å²) >= 11 is 0. The Bertz CT molecular complexity index is 361. The second-order valence-electron chi connectivity index (χ2n) is 4.67. The van der Waals surface area contributed by atoms with E-state index in [9.17, 15) is 4.79 Å². The molecule has 0 aliphatic heterocycles. The molecular weight excluding hydrogens is 228 g/mol. The summed E-state index contributed by atoms with van der Waals surface area (Å²) in [6, 6.07) is 10.1. The van der Waals surface area contributed by atoms with Crippen molar-refractivity contribution in [1.82, 2.24) is 10.9 Å². The number of hydrogen-bond acceptors (Lipinski definition) is 3. The summed E-state index contributed by atoms with van der Waals surface area (Å²) in [6.07, 6.45) is 5.61. The number of amides is 1. The van der Waals surface area contributed by atoms with E-state index in [1.165, 1.54) is 19.3 Å². The molecule has 1 fully saturated rings. The van der Waals surface area contributed by atoms with Gasteiger partial charge in [-0.3, -0.25) is 5.43 Å². The number of carbonyl (C=O) groups excluding carboxylic acids is 1. The Kier molecular flexibility index (Phi) is 5.02. The molecule has 1 aromatic rings. The third-order valence-corrected chi connectivity index (χ3v) is 3.20. The number of rotatable bonds is 4. The lowest BCUT2D eigenvalue weighted by atomic mass is 9.96. The maximum Gasteiger partial charge on any atom is 0.421 e. The molecule has 1 saturated carbocycles. The van der Waals surface area contributed by atoms with Crippen LogP contribution in [-0.2, 0) is 11.3 Å². The van der Waals surface area contributed by atoms with Crippen LogP contribution in [0.2, 0.25) is 0 Å². The first-order valence-electron chi connectivity index (χ1n) is 6.57. The first kappa shape index (κ1) is 12.9. The number of hydrogen-bond donors (Lipinski definition) is 2. The lowest BCUT2D eigenvalue weighted by Gasteiger charge is -2.22. The zero-order valence-corrected chi connectivity index (χ0v) is 10.5. The summed E-state index contributed by atoms with van der Waals surface area (Å²) in [5.74, 6) is 0. The van der Waals surface area contributed by atoms with Crippen molar-refractivity contribution < 1.29 is 9.53 Å². The quantitative estimate of drug-likeness (QED) is 0.805. The molecular formula is C14H20N2O2. The molecule has 0 atom stereocenters. The van der Waals surface area contributed by atoms with E-state index in [4.69, 9.17) is 4.74 Å². The van der Waals surface area contributed by atoms with Crippen molar-refractivity contribution in [3.05, 3.63) is 35.9 Å². The van der Waals surface area contributed by atoms with Gasteiger partial charge < -0.3 is 4.74 Å². The van der Waals surface area contributed by atoms with Gasteiger partial charge in [-0.1, -0.05) is 49.6 Å². The SMILES string of the molecule is O=C(NNC1CCCCC1)OCc1ccccc1. The fourth-order valence-electron chi connectivity index (χ4n) is 2.17. The van der Waals surface area contributed by atoms with Gasteiger partial charge in [0, 0.05) is 6.04 Å². The van der Waals surface area contributed by atoms with Gasteiger partial charge in [0.05, 0.1) is 0 Å². The fraction of sp³-hybridized carbons (Fsp3) is 0.500. The third-order valence-electron chi connectivity index (χ3n) is 3.20. The van der Waals surface area contributed by atoms with Gasteiger partial charge >= 0.3 is 6.09 Å². The molecule has 2 N–H and O–H groups in total. The highest BCUT2D eigenvalue weighted by atomic mass is 16.6. The van der Waals surface area contributed by atoms with Crippen molar-refractivity contribution in [2.24, 2.45) is 0 Å². The van der Waals surface area contributed by atoms with Gasteiger partial charge in [0.1, 0.15) is 6.61 Å². The summed E-state index contributed by atoms with van der Waals surface area (Å²) < 4.78 is 5.11. The van der Waals surface area contributed by atoms with Crippen LogP contribution in [0.15, 0.2) is 30.3 Å². The third kappa shape index (κ3) is 4.37. The number of benzene rings is 1. The van der Waals surface area contributed by atoms with Crippen LogP contribution in [0.1, 0.15) is 37.7 Å². The molecule has 2 rings (SSSR count). The van der Waals surface area contributed by atoms with Crippen molar-refractivity contribution in [2.75, 3.05) is 0 Å². The summed E-state index contributed by atoms with van der Waals surface area (Å²) in [7, 11) is 0. The molecule has 0 radical (unpaired) electrons. The molecule has 4 heteroatoms. The molecule has 1 aliphatic rings. The second-order valence-corrected chi connectivity index (χ2v) is 4.67. The normalized spacial score (nSPS) is 16.2. The van der Waals surface area contributed by atoms with Gasteiger partial charge in [0.15, 0.2) is 0 Å². The smallest absolute Gasteiger partial charge is 0.421 e. The molecule has 0 saturated heterocycles. The molecule has 1 aliphatic carbocycles. The molecule has 0 spiro atoms. The summed E-state index contributed by atoms with van der Waals surface area (Å²) in [5.41, 5.74) is 6.64. The largest absolute Gasteiger partial charge is 0.444 e. The van der Waals surface area contributed by atoms with Gasteiger partial charge in [-0.15, -0.1) is 0 Å². The predicted molar refractivity (Wildman–Crippen MR) is 69.8 cm³/mol. The van der Waals surface area contributed by atoms with Crippen LogP contribution < -0.4 is 10.9 Å². The minimum Gasteiger partial charge on any atom is -0.444 e. The van der Waals surface area contributed by atoms with E-state index in [0.29, 0.717) is 12.6 Å². The molecule has 0 aromatic heterocycles. The number of ether oxygens (including phenoxy) is 1. The van der Waals surface area contributed by atoms with Crippen LogP contribution in [0.25, 0.3) is 0 Å². The summed E-state index contributed by atoms with van der Waals surface area (Å²) in [4.78, 5) is 11.5. The minimum absolute atomic E-state index is 0.305. The fourth-order valence-corrected chi connectivity index (χ4v) is 2.17. The Labute approximate surface area is 108 Å². The molecule has 18 heavy (non-hydrogen) atoms. The molecule has 1 aromatic carbocycles. The van der Waals surface area contributed by atoms with E-state index in [2.05, 4.69) is 10.9 Å². The van der Waals surface area contributed by atoms with Crippen LogP contribution in [0.5, 0.6) is 0 Å². The maximum atomic E-state index is 11.5. The van der Waals surface area contributed by atoms with Crippen LogP contribution in [0, 0.1) is 0 Å². The van der Waals surface area contributed by atoms with Crippen LogP contribution in [0.3, 0.4) is 0 Å². The summed E-state index contributed by atoms with van der Waals surface area (Å²) in [6.45, 7) is 0.305. The van der Waals surface area contributed by atoms with Crippen molar-refractivity contribution >= 4 is 6.09 Å². The van der Waals surface area contributed by atoms with Gasteiger partial charge in [0.2, 0.25) is 0 Å². The Hall–Kier alpha value is -1.55. The highest BCUT2D eigenvalue weighted by Crippen LogP contribution is 2.16. The van der Waals surface area contributed by atoms with Crippen LogP contribution in [-0.4, -0.2) is 12.1 Å². The first-order chi connectivity index (χ1) is 8.84. The highest BCUT2D eigenvalue weighted by molar-refractivity contribution is 5.66. The Morgan fingerprint density at radius 1 is 1.17 bits per heavy atom. The van der Waals surface area contributed by atoms with E-state index >= 15 is 0 Å². The zero-order valence-electron chi connectivity index (χ0n) is 10.5. The molecule has 0 bridgehead atoms. The van der Waals surface area contributed by atoms with Crippen molar-refractivity contribution in [3.63, 3.8) is 0 Å². The Morgan fingerprint density at radius 2 is 1.89 bits per heavy atom. The molecule has 1 amide bonds. The first-order valence-corrected chi connectivity index (χ1v) is 6.57. The lowest BCUT2D eigenvalue weighted by molar-refractivity contribution is 0.131. The van der Waals surface area contributed by atoms with E-state index < -0.39 is 6.09 Å². The number of carbonyl (C=O) groups is 1. The minimum atomic E-state index is -0.413. The lowest BCUT2D eigenvalue weighted by Crippen LogP contribution is -2.45. The molecule has 98 valence electrons. The average Bonchev–Trinajstić information content (AvgIpc) is 2.45. The van der Waals surface area contributed by atoms with Crippen molar-refractivity contribution in [3.8, 4) is 0 Å². The molecule has 0 unspecified atom stereocenters. The Morgan fingerprint density at radius 3 is 2.61 bits per heavy atom. The monoisotopic (exact) mass is 248 g/mol. The Balaban J connectivity index is 1.63. The topological polar surface area (TPSA) is 50.4 Å². The standard InChI is InChI=1S/C14H20N2O2/c17-14(16-15-13-9-5-2-6-10-13)18-11-12-7-3-1-4-8-12/h1,3-4,7-8,13,15H,2,5-6,9-11H2,(H,16,17). The van der Waals surface area contributed by atoms with Gasteiger partial charge in [-0.25, -0.2) is 10.2 Å². The van der Waals surface area contributed by atoms with Gasteiger partial charge in [-0.05, 0) is 18.4 Å². The average molecular weight is 248 g/mol. The van der Waals surface area contributed by atoms with E-state index in [-0.39, 0.29) is 0 Å². The van der Waals surface area contributed by atoms with E-state index in [1.54, 1.807) is 0 Å². The van der Waals surface area contributed by atoms with Gasteiger partial charge in [0.25, 0.3) is 0 Å². The number of hydrazine groups is 1. The van der Waals surface area contributed by atoms with Gasteiger partial charge in [-0.2, -0.15) is 0 Å². The maximum absolute atomic E-state index is 11.5. The van der Waals surface area contributed by atoms with Crippen LogP contribution >= 0.6 is 0 Å². The van der Waals surface area contributed by atoms with Crippen molar-refractivity contribution in [1.29, 1.82) is 0 Å². The van der Waals surface area contributed by atoms with Crippen LogP contribution in [0.4, 0.5) is 4.79 Å². The molecule has 0 heterocycles. The van der Waals surface area contributed by atoms with E-state index in [0.717, 1.165) is 18.4 Å².